The van der Waals surface area contributed by atoms with Crippen LogP contribution in [0.2, 0.25) is 0 Å². The van der Waals surface area contributed by atoms with Gasteiger partial charge in [0.2, 0.25) is 0 Å². The van der Waals surface area contributed by atoms with E-state index in [0.717, 1.165) is 25.7 Å². The van der Waals surface area contributed by atoms with E-state index in [1.807, 2.05) is 0 Å². The number of allylic oxidation sites excluding steroid dienone is 7. The molecule has 0 fully saturated rings. The first-order valence-electron chi connectivity index (χ1n) is 18.4. The number of anilines is 2. The average Bonchev–Trinajstić information content (AvgIpc) is 3.83. The van der Waals surface area contributed by atoms with Crippen molar-refractivity contribution in [2.45, 2.75) is 37.6 Å². The van der Waals surface area contributed by atoms with E-state index < -0.39 is 0 Å². The predicted molar refractivity (Wildman–Crippen MR) is 215 cm³/mol. The molecule has 0 bridgehead atoms. The second-order valence-corrected chi connectivity index (χ2v) is 14.3. The van der Waals surface area contributed by atoms with Gasteiger partial charge in [-0.1, -0.05) is 97.1 Å². The number of fused-ring (bicyclic) bond motifs is 9. The molecule has 0 amide bonds. The van der Waals surface area contributed by atoms with E-state index in [1.54, 1.807) is 0 Å². The molecule has 11 rings (SSSR count). The molecule has 244 valence electrons. The Labute approximate surface area is 298 Å². The number of hydrogen-bond donors (Lipinski definition) is 0. The molecule has 5 aromatic carbocycles. The van der Waals surface area contributed by atoms with Crippen LogP contribution in [0.15, 0.2) is 158 Å². The molecule has 3 heteroatoms. The molecule has 2 atom stereocenters. The van der Waals surface area contributed by atoms with Crippen molar-refractivity contribution in [2.75, 3.05) is 4.90 Å². The molecule has 0 saturated carbocycles. The second kappa shape index (κ2) is 11.2. The standard InChI is InChI=1S/C48H37N3/c1-3-13-34(14-4-1)49-45-22-12-9-19-39(45)40-29-32(23-26-46(40)49)33-24-27-47-41(30-33)42-31-36(25-28-48(42)50(47)35-15-5-2-6-16-35)51-43-20-10-7-17-37(43)38-18-8-11-21-44(38)51/h1-3,5-11,13,15-21,23-31,37,43H,4,12,14,22H2. The van der Waals surface area contributed by atoms with Gasteiger partial charge in [-0.25, -0.2) is 0 Å². The van der Waals surface area contributed by atoms with Crippen LogP contribution in [0.3, 0.4) is 0 Å². The summed E-state index contributed by atoms with van der Waals surface area (Å²) < 4.78 is 4.98. The lowest BCUT2D eigenvalue weighted by atomic mass is 9.91. The van der Waals surface area contributed by atoms with E-state index in [1.165, 1.54) is 83.4 Å². The lowest BCUT2D eigenvalue weighted by molar-refractivity contribution is 0.745. The largest absolute Gasteiger partial charge is 0.333 e. The number of rotatable bonds is 4. The first-order valence-corrected chi connectivity index (χ1v) is 18.4. The van der Waals surface area contributed by atoms with Crippen LogP contribution in [0.25, 0.3) is 61.3 Å². The van der Waals surface area contributed by atoms with Crippen molar-refractivity contribution in [3.63, 3.8) is 0 Å². The van der Waals surface area contributed by atoms with Gasteiger partial charge in [0.15, 0.2) is 0 Å². The maximum Gasteiger partial charge on any atom is 0.0629 e. The zero-order chi connectivity index (χ0) is 33.5. The monoisotopic (exact) mass is 655 g/mol. The van der Waals surface area contributed by atoms with Gasteiger partial charge in [-0.3, -0.25) is 0 Å². The summed E-state index contributed by atoms with van der Waals surface area (Å²) >= 11 is 0. The number of hydrogen-bond acceptors (Lipinski definition) is 1. The molecule has 1 aliphatic heterocycles. The SMILES string of the molecule is C1=CCCC(n2c3c(c4cc(-c5ccc6c(c5)c5cc(N7c8ccccc8C8C=CC=CC87)ccc5n6-c5ccccc5)ccc42)C=CCC3)=C1. The van der Waals surface area contributed by atoms with Crippen LogP contribution in [-0.4, -0.2) is 15.2 Å². The van der Waals surface area contributed by atoms with Gasteiger partial charge in [0.25, 0.3) is 0 Å². The number of benzene rings is 5. The smallest absolute Gasteiger partial charge is 0.0629 e. The van der Waals surface area contributed by atoms with E-state index >= 15 is 0 Å². The maximum absolute atomic E-state index is 2.55. The molecule has 2 unspecified atom stereocenters. The van der Waals surface area contributed by atoms with Gasteiger partial charge in [0, 0.05) is 56.1 Å². The Morgan fingerprint density at radius 2 is 1.27 bits per heavy atom. The Morgan fingerprint density at radius 3 is 2.12 bits per heavy atom. The van der Waals surface area contributed by atoms with E-state index in [2.05, 4.69) is 178 Å². The topological polar surface area (TPSA) is 13.1 Å². The van der Waals surface area contributed by atoms with Gasteiger partial charge in [-0.05, 0) is 109 Å². The molecule has 0 spiro atoms. The maximum atomic E-state index is 2.55. The van der Waals surface area contributed by atoms with Gasteiger partial charge in [-0.2, -0.15) is 0 Å². The Kier molecular flexibility index (Phi) is 6.33. The Hall–Kier alpha value is -6.06. The predicted octanol–water partition coefficient (Wildman–Crippen LogP) is 12.3. The quantitative estimate of drug-likeness (QED) is 0.184. The van der Waals surface area contributed by atoms with Crippen molar-refractivity contribution in [1.82, 2.24) is 9.13 Å². The molecule has 0 radical (unpaired) electrons. The fourth-order valence-corrected chi connectivity index (χ4v) is 9.29. The van der Waals surface area contributed by atoms with Gasteiger partial charge in [-0.15, -0.1) is 0 Å². The van der Waals surface area contributed by atoms with Gasteiger partial charge < -0.3 is 14.0 Å². The van der Waals surface area contributed by atoms with Crippen LogP contribution < -0.4 is 4.90 Å². The fraction of sp³-hybridized carbons (Fsp3) is 0.125. The van der Waals surface area contributed by atoms with E-state index in [9.17, 15) is 0 Å². The number of nitrogens with zero attached hydrogens (tertiary/aromatic N) is 3. The summed E-state index contributed by atoms with van der Waals surface area (Å²) in [5, 5.41) is 3.89. The summed E-state index contributed by atoms with van der Waals surface area (Å²) in [4.78, 5) is 2.54. The number of para-hydroxylation sites is 2. The molecule has 51 heavy (non-hydrogen) atoms. The molecule has 4 aliphatic rings. The first kappa shape index (κ1) is 28.7. The lowest BCUT2D eigenvalue weighted by Gasteiger charge is -2.28. The summed E-state index contributed by atoms with van der Waals surface area (Å²) in [7, 11) is 0. The van der Waals surface area contributed by atoms with Crippen molar-refractivity contribution in [3.05, 3.63) is 175 Å². The minimum atomic E-state index is 0.266. The van der Waals surface area contributed by atoms with Crippen molar-refractivity contribution >= 4 is 55.9 Å². The summed E-state index contributed by atoms with van der Waals surface area (Å²) in [6.07, 6.45) is 25.0. The summed E-state index contributed by atoms with van der Waals surface area (Å²) in [6, 6.07) is 41.3. The Balaban J connectivity index is 1.11. The van der Waals surface area contributed by atoms with E-state index in [0.29, 0.717) is 5.92 Å². The van der Waals surface area contributed by atoms with Gasteiger partial charge in [0.05, 0.1) is 22.6 Å². The lowest BCUT2D eigenvalue weighted by Crippen LogP contribution is -2.28. The molecule has 3 aliphatic carbocycles. The van der Waals surface area contributed by atoms with Crippen LogP contribution in [0, 0.1) is 0 Å². The van der Waals surface area contributed by atoms with Crippen LogP contribution in [-0.2, 0) is 6.42 Å². The molecule has 0 saturated heterocycles. The van der Waals surface area contributed by atoms with Crippen molar-refractivity contribution in [3.8, 4) is 16.8 Å². The van der Waals surface area contributed by atoms with Crippen LogP contribution in [0.1, 0.15) is 42.0 Å². The molecule has 3 heterocycles. The van der Waals surface area contributed by atoms with Crippen molar-refractivity contribution in [2.24, 2.45) is 0 Å². The third-order valence-electron chi connectivity index (χ3n) is 11.6. The molecular formula is C48H37N3. The normalized spacial score (nSPS) is 18.8. The van der Waals surface area contributed by atoms with Crippen molar-refractivity contribution in [1.29, 1.82) is 0 Å². The average molecular weight is 656 g/mol. The molecule has 7 aromatic rings. The second-order valence-electron chi connectivity index (χ2n) is 14.3. The van der Waals surface area contributed by atoms with Gasteiger partial charge >= 0.3 is 0 Å². The first-order chi connectivity index (χ1) is 25.3. The highest BCUT2D eigenvalue weighted by molar-refractivity contribution is 6.12. The van der Waals surface area contributed by atoms with Crippen LogP contribution in [0.5, 0.6) is 0 Å². The Morgan fingerprint density at radius 1 is 0.549 bits per heavy atom. The molecule has 3 nitrogen and oxygen atoms in total. The number of aromatic nitrogens is 2. The minimum Gasteiger partial charge on any atom is -0.333 e. The fourth-order valence-electron chi connectivity index (χ4n) is 9.29. The third-order valence-corrected chi connectivity index (χ3v) is 11.6. The minimum absolute atomic E-state index is 0.266. The summed E-state index contributed by atoms with van der Waals surface area (Å²) in [5.74, 6) is 0.357. The molecule has 0 N–H and O–H groups in total. The molecular weight excluding hydrogens is 619 g/mol. The molecule has 2 aromatic heterocycles. The van der Waals surface area contributed by atoms with Crippen LogP contribution in [0.4, 0.5) is 11.4 Å². The zero-order valence-corrected chi connectivity index (χ0v) is 28.4. The Bertz CT molecular complexity index is 2710. The third kappa shape index (κ3) is 4.31. The zero-order valence-electron chi connectivity index (χ0n) is 28.4. The highest BCUT2D eigenvalue weighted by Crippen LogP contribution is 2.49. The van der Waals surface area contributed by atoms with E-state index in [4.69, 9.17) is 0 Å². The van der Waals surface area contributed by atoms with Crippen molar-refractivity contribution < 1.29 is 0 Å². The summed E-state index contributed by atoms with van der Waals surface area (Å²) in [5.41, 5.74) is 15.6. The van der Waals surface area contributed by atoms with E-state index in [-0.39, 0.29) is 6.04 Å². The summed E-state index contributed by atoms with van der Waals surface area (Å²) in [6.45, 7) is 0. The highest BCUT2D eigenvalue weighted by Gasteiger charge is 2.37. The van der Waals surface area contributed by atoms with Gasteiger partial charge in [0.1, 0.15) is 0 Å². The van der Waals surface area contributed by atoms with Crippen LogP contribution >= 0.6 is 0 Å². The highest BCUT2D eigenvalue weighted by atomic mass is 15.2.